The van der Waals surface area contributed by atoms with Crippen molar-refractivity contribution in [2.45, 2.75) is 58.3 Å². The molecule has 100 valence electrons. The van der Waals surface area contributed by atoms with E-state index in [-0.39, 0.29) is 11.7 Å². The zero-order valence-corrected chi connectivity index (χ0v) is 12.0. The van der Waals surface area contributed by atoms with Gasteiger partial charge in [-0.2, -0.15) is 0 Å². The molecule has 1 fully saturated rings. The minimum absolute atomic E-state index is 0.111. The fourth-order valence-electron chi connectivity index (χ4n) is 2.09. The van der Waals surface area contributed by atoms with Gasteiger partial charge in [-0.25, -0.2) is 0 Å². The number of ether oxygens (including phenoxy) is 1. The summed E-state index contributed by atoms with van der Waals surface area (Å²) >= 11 is 0. The molecule has 0 aliphatic heterocycles. The summed E-state index contributed by atoms with van der Waals surface area (Å²) in [6, 6.07) is 9.36. The summed E-state index contributed by atoms with van der Waals surface area (Å²) in [5.41, 5.74) is 2.46. The first-order chi connectivity index (χ1) is 8.44. The number of hydrogen-bond acceptors (Lipinski definition) is 2. The van der Waals surface area contributed by atoms with Crippen LogP contribution in [0.3, 0.4) is 0 Å². The molecule has 1 aromatic rings. The quantitative estimate of drug-likeness (QED) is 0.858. The van der Waals surface area contributed by atoms with Crippen molar-refractivity contribution >= 4 is 0 Å². The largest absolute Gasteiger partial charge is 0.367 e. The van der Waals surface area contributed by atoms with Crippen molar-refractivity contribution in [1.82, 2.24) is 5.32 Å². The van der Waals surface area contributed by atoms with Crippen LogP contribution < -0.4 is 5.32 Å². The van der Waals surface area contributed by atoms with Gasteiger partial charge in [-0.1, -0.05) is 29.8 Å². The van der Waals surface area contributed by atoms with E-state index in [1.807, 2.05) is 0 Å². The van der Waals surface area contributed by atoms with E-state index in [0.717, 1.165) is 12.6 Å². The van der Waals surface area contributed by atoms with Crippen molar-refractivity contribution in [2.24, 2.45) is 0 Å². The van der Waals surface area contributed by atoms with E-state index in [1.165, 1.54) is 24.0 Å². The molecule has 0 radical (unpaired) electrons. The lowest BCUT2D eigenvalue weighted by Crippen LogP contribution is -2.31. The normalized spacial score (nSPS) is 17.8. The van der Waals surface area contributed by atoms with Crippen LogP contribution in [0.2, 0.25) is 0 Å². The number of benzene rings is 1. The Kier molecular flexibility index (Phi) is 4.08. The molecule has 2 nitrogen and oxygen atoms in total. The first-order valence-electron chi connectivity index (χ1n) is 6.92. The molecule has 0 amide bonds. The Morgan fingerprint density at radius 1 is 1.33 bits per heavy atom. The standard InChI is InChI=1S/C16H25NO/c1-12-6-5-7-13(10-12)15(18-16(2,3)4)11-17-14-8-9-14/h5-7,10,14-15,17H,8-9,11H2,1-4H3. The Morgan fingerprint density at radius 3 is 2.61 bits per heavy atom. The molecule has 0 saturated heterocycles. The van der Waals surface area contributed by atoms with Crippen LogP contribution in [0, 0.1) is 6.92 Å². The van der Waals surface area contributed by atoms with E-state index in [4.69, 9.17) is 4.74 Å². The van der Waals surface area contributed by atoms with Crippen LogP contribution in [0.15, 0.2) is 24.3 Å². The maximum Gasteiger partial charge on any atom is 0.0956 e. The average Bonchev–Trinajstić information content (AvgIpc) is 3.06. The predicted octanol–water partition coefficient (Wildman–Crippen LogP) is 3.60. The Bertz CT molecular complexity index is 390. The van der Waals surface area contributed by atoms with Crippen molar-refractivity contribution in [2.75, 3.05) is 6.54 Å². The van der Waals surface area contributed by atoms with Crippen LogP contribution in [-0.2, 0) is 4.74 Å². The zero-order valence-electron chi connectivity index (χ0n) is 12.0. The van der Waals surface area contributed by atoms with Crippen molar-refractivity contribution in [1.29, 1.82) is 0 Å². The molecule has 1 aliphatic carbocycles. The van der Waals surface area contributed by atoms with Crippen LogP contribution in [-0.4, -0.2) is 18.2 Å². The molecule has 1 atom stereocenters. The lowest BCUT2D eigenvalue weighted by atomic mass is 10.0. The molecule has 1 N–H and O–H groups in total. The van der Waals surface area contributed by atoms with Crippen LogP contribution >= 0.6 is 0 Å². The Morgan fingerprint density at radius 2 is 2.06 bits per heavy atom. The highest BCUT2D eigenvalue weighted by Crippen LogP contribution is 2.26. The summed E-state index contributed by atoms with van der Waals surface area (Å²) in [4.78, 5) is 0. The summed E-state index contributed by atoms with van der Waals surface area (Å²) in [5.74, 6) is 0. The number of aryl methyl sites for hydroxylation is 1. The van der Waals surface area contributed by atoms with Crippen molar-refractivity contribution in [3.05, 3.63) is 35.4 Å². The van der Waals surface area contributed by atoms with Gasteiger partial charge in [0.15, 0.2) is 0 Å². The Hall–Kier alpha value is -0.860. The molecular weight excluding hydrogens is 222 g/mol. The van der Waals surface area contributed by atoms with Gasteiger partial charge in [0.25, 0.3) is 0 Å². The molecule has 0 spiro atoms. The molecule has 1 unspecified atom stereocenters. The van der Waals surface area contributed by atoms with Gasteiger partial charge in [-0.3, -0.25) is 0 Å². The maximum atomic E-state index is 6.19. The topological polar surface area (TPSA) is 21.3 Å². The highest BCUT2D eigenvalue weighted by atomic mass is 16.5. The molecule has 0 aromatic heterocycles. The highest BCUT2D eigenvalue weighted by Gasteiger charge is 2.25. The minimum atomic E-state index is -0.111. The van der Waals surface area contributed by atoms with Crippen molar-refractivity contribution in [3.63, 3.8) is 0 Å². The van der Waals surface area contributed by atoms with Gasteiger partial charge in [0, 0.05) is 12.6 Å². The maximum absolute atomic E-state index is 6.19. The summed E-state index contributed by atoms with van der Waals surface area (Å²) in [6.45, 7) is 9.39. The van der Waals surface area contributed by atoms with E-state index >= 15 is 0 Å². The Labute approximate surface area is 111 Å². The number of hydrogen-bond donors (Lipinski definition) is 1. The zero-order chi connectivity index (χ0) is 13.2. The predicted molar refractivity (Wildman–Crippen MR) is 75.8 cm³/mol. The average molecular weight is 247 g/mol. The van der Waals surface area contributed by atoms with Gasteiger partial charge >= 0.3 is 0 Å². The van der Waals surface area contributed by atoms with Gasteiger partial charge in [0.2, 0.25) is 0 Å². The van der Waals surface area contributed by atoms with E-state index in [2.05, 4.69) is 57.3 Å². The van der Waals surface area contributed by atoms with Crippen molar-refractivity contribution in [3.8, 4) is 0 Å². The second-order valence-corrected chi connectivity index (χ2v) is 6.32. The number of rotatable bonds is 5. The van der Waals surface area contributed by atoms with E-state index < -0.39 is 0 Å². The van der Waals surface area contributed by atoms with E-state index in [0.29, 0.717) is 0 Å². The smallest absolute Gasteiger partial charge is 0.0956 e. The van der Waals surface area contributed by atoms with Gasteiger partial charge in [-0.05, 0) is 46.1 Å². The minimum Gasteiger partial charge on any atom is -0.367 e. The van der Waals surface area contributed by atoms with E-state index in [9.17, 15) is 0 Å². The SMILES string of the molecule is Cc1cccc(C(CNC2CC2)OC(C)(C)C)c1. The molecular formula is C16H25NO. The van der Waals surface area contributed by atoms with E-state index in [1.54, 1.807) is 0 Å². The van der Waals surface area contributed by atoms with Crippen LogP contribution in [0.4, 0.5) is 0 Å². The highest BCUT2D eigenvalue weighted by molar-refractivity contribution is 5.24. The monoisotopic (exact) mass is 247 g/mol. The van der Waals surface area contributed by atoms with Gasteiger partial charge < -0.3 is 10.1 Å². The van der Waals surface area contributed by atoms with Crippen LogP contribution in [0.1, 0.15) is 50.8 Å². The molecule has 2 rings (SSSR count). The third-order valence-corrected chi connectivity index (χ3v) is 3.08. The molecule has 18 heavy (non-hydrogen) atoms. The van der Waals surface area contributed by atoms with Crippen LogP contribution in [0.5, 0.6) is 0 Å². The Balaban J connectivity index is 2.06. The fourth-order valence-corrected chi connectivity index (χ4v) is 2.09. The third kappa shape index (κ3) is 4.43. The molecule has 1 saturated carbocycles. The molecule has 1 aliphatic rings. The molecule has 0 bridgehead atoms. The third-order valence-electron chi connectivity index (χ3n) is 3.08. The first-order valence-corrected chi connectivity index (χ1v) is 6.92. The van der Waals surface area contributed by atoms with Crippen LogP contribution in [0.25, 0.3) is 0 Å². The first kappa shape index (κ1) is 13.6. The molecule has 2 heteroatoms. The van der Waals surface area contributed by atoms with Gasteiger partial charge in [0.1, 0.15) is 0 Å². The number of nitrogens with one attached hydrogen (secondary N) is 1. The lowest BCUT2D eigenvalue weighted by molar-refractivity contribution is -0.0607. The summed E-state index contributed by atoms with van der Waals surface area (Å²) in [5, 5.41) is 3.57. The van der Waals surface area contributed by atoms with Gasteiger partial charge in [0.05, 0.1) is 11.7 Å². The summed E-state index contributed by atoms with van der Waals surface area (Å²) < 4.78 is 6.19. The lowest BCUT2D eigenvalue weighted by Gasteiger charge is -2.28. The molecule has 0 heterocycles. The summed E-state index contributed by atoms with van der Waals surface area (Å²) in [7, 11) is 0. The summed E-state index contributed by atoms with van der Waals surface area (Å²) in [6.07, 6.45) is 2.78. The van der Waals surface area contributed by atoms with Crippen molar-refractivity contribution < 1.29 is 4.74 Å². The second kappa shape index (κ2) is 5.41. The second-order valence-electron chi connectivity index (χ2n) is 6.32. The van der Waals surface area contributed by atoms with Gasteiger partial charge in [-0.15, -0.1) is 0 Å². The fraction of sp³-hybridized carbons (Fsp3) is 0.625. The molecule has 1 aromatic carbocycles.